The maximum Gasteiger partial charge on any atom is 0.233 e. The molecule has 0 aromatic heterocycles. The third-order valence-corrected chi connectivity index (χ3v) is 5.67. The molecule has 1 aliphatic carbocycles. The molecule has 1 amide bonds. The first-order valence-electron chi connectivity index (χ1n) is 8.82. The molecule has 0 N–H and O–H groups in total. The van der Waals surface area contributed by atoms with E-state index in [9.17, 15) is 9.18 Å². The van der Waals surface area contributed by atoms with E-state index in [2.05, 4.69) is 12.1 Å². The van der Waals surface area contributed by atoms with Crippen LogP contribution < -0.4 is 0 Å². The summed E-state index contributed by atoms with van der Waals surface area (Å²) >= 11 is 0. The molecule has 0 unspecified atom stereocenters. The lowest BCUT2D eigenvalue weighted by atomic mass is 9.76. The lowest BCUT2D eigenvalue weighted by Gasteiger charge is -2.37. The van der Waals surface area contributed by atoms with Crippen LogP contribution in [0.3, 0.4) is 0 Å². The van der Waals surface area contributed by atoms with E-state index < -0.39 is 5.41 Å². The maximum absolute atomic E-state index is 14.5. The first kappa shape index (κ1) is 15.4. The summed E-state index contributed by atoms with van der Waals surface area (Å²) in [5.74, 6) is -0.134. The minimum absolute atomic E-state index is 0.111. The molecule has 1 saturated carbocycles. The fourth-order valence-corrected chi connectivity index (χ4v) is 4.40. The van der Waals surface area contributed by atoms with Crippen molar-refractivity contribution in [3.8, 4) is 0 Å². The number of nitrogens with zero attached hydrogens (tertiary/aromatic N) is 1. The molecule has 0 saturated heterocycles. The van der Waals surface area contributed by atoms with Crippen LogP contribution in [0, 0.1) is 5.82 Å². The summed E-state index contributed by atoms with van der Waals surface area (Å²) in [5, 5.41) is 0. The molecule has 2 aromatic rings. The Balaban J connectivity index is 1.68. The van der Waals surface area contributed by atoms with E-state index in [-0.39, 0.29) is 11.7 Å². The molecular weight excluding hydrogens is 301 g/mol. The molecule has 0 bridgehead atoms. The van der Waals surface area contributed by atoms with Crippen molar-refractivity contribution in [1.29, 1.82) is 0 Å². The molecule has 1 aliphatic heterocycles. The average molecular weight is 323 g/mol. The Morgan fingerprint density at radius 1 is 0.958 bits per heavy atom. The summed E-state index contributed by atoms with van der Waals surface area (Å²) in [4.78, 5) is 15.4. The minimum Gasteiger partial charge on any atom is -0.337 e. The van der Waals surface area contributed by atoms with Gasteiger partial charge >= 0.3 is 0 Å². The van der Waals surface area contributed by atoms with Gasteiger partial charge in [0.25, 0.3) is 0 Å². The summed E-state index contributed by atoms with van der Waals surface area (Å²) in [6.45, 7) is 1.37. The molecule has 0 radical (unpaired) electrons. The number of rotatable bonds is 2. The minimum atomic E-state index is -0.669. The van der Waals surface area contributed by atoms with E-state index in [1.165, 1.54) is 17.2 Å². The Labute approximate surface area is 142 Å². The lowest BCUT2D eigenvalue weighted by Crippen LogP contribution is -2.47. The predicted molar refractivity (Wildman–Crippen MR) is 92.1 cm³/mol. The Kier molecular flexibility index (Phi) is 3.87. The van der Waals surface area contributed by atoms with Crippen LogP contribution in [0.5, 0.6) is 0 Å². The third-order valence-electron chi connectivity index (χ3n) is 5.67. The van der Waals surface area contributed by atoms with E-state index in [0.29, 0.717) is 12.1 Å². The van der Waals surface area contributed by atoms with Crippen molar-refractivity contribution in [2.75, 3.05) is 6.54 Å². The summed E-state index contributed by atoms with van der Waals surface area (Å²) in [5.41, 5.74) is 2.47. The number of fused-ring (bicyclic) bond motifs is 1. The molecule has 1 heterocycles. The standard InChI is InChI=1S/C21H22FNO/c22-19-10-4-3-9-18(19)21(12-5-6-13-21)20(24)23-14-11-16-7-1-2-8-17(16)15-23/h1-4,7-10H,5-6,11-15H2. The van der Waals surface area contributed by atoms with Crippen molar-refractivity contribution in [2.24, 2.45) is 0 Å². The molecule has 1 fully saturated rings. The van der Waals surface area contributed by atoms with Gasteiger partial charge < -0.3 is 4.90 Å². The van der Waals surface area contributed by atoms with E-state index in [0.717, 1.165) is 38.6 Å². The summed E-state index contributed by atoms with van der Waals surface area (Å²) < 4.78 is 14.5. The molecule has 3 heteroatoms. The molecule has 0 spiro atoms. The fraction of sp³-hybridized carbons (Fsp3) is 0.381. The average Bonchev–Trinajstić information content (AvgIpc) is 3.12. The van der Waals surface area contributed by atoms with Gasteiger partial charge in [0.15, 0.2) is 0 Å². The van der Waals surface area contributed by atoms with Crippen LogP contribution in [0.2, 0.25) is 0 Å². The molecule has 124 valence electrons. The van der Waals surface area contributed by atoms with Crippen molar-refractivity contribution in [3.05, 3.63) is 71.0 Å². The molecule has 2 aromatic carbocycles. The van der Waals surface area contributed by atoms with Crippen molar-refractivity contribution >= 4 is 5.91 Å². The molecule has 2 nitrogen and oxygen atoms in total. The van der Waals surface area contributed by atoms with Gasteiger partial charge in [-0.15, -0.1) is 0 Å². The van der Waals surface area contributed by atoms with E-state index in [1.807, 2.05) is 23.1 Å². The Hall–Kier alpha value is -2.16. The third kappa shape index (κ3) is 2.43. The molecule has 0 atom stereocenters. The van der Waals surface area contributed by atoms with Crippen LogP contribution >= 0.6 is 0 Å². The Bertz CT molecular complexity index is 764. The highest BCUT2D eigenvalue weighted by atomic mass is 19.1. The molecular formula is C21H22FNO. The van der Waals surface area contributed by atoms with E-state index in [1.54, 1.807) is 12.1 Å². The normalized spacial score (nSPS) is 19.1. The summed E-state index contributed by atoms with van der Waals surface area (Å²) in [6, 6.07) is 15.1. The quantitative estimate of drug-likeness (QED) is 0.810. The van der Waals surface area contributed by atoms with Crippen LogP contribution in [0.1, 0.15) is 42.4 Å². The van der Waals surface area contributed by atoms with Gasteiger partial charge in [-0.1, -0.05) is 55.3 Å². The van der Waals surface area contributed by atoms with Crippen LogP contribution in [0.15, 0.2) is 48.5 Å². The van der Waals surface area contributed by atoms with Crippen molar-refractivity contribution in [3.63, 3.8) is 0 Å². The van der Waals surface area contributed by atoms with Crippen molar-refractivity contribution < 1.29 is 9.18 Å². The number of benzene rings is 2. The second-order valence-electron chi connectivity index (χ2n) is 7.01. The van der Waals surface area contributed by atoms with Gasteiger partial charge in [-0.3, -0.25) is 4.79 Å². The smallest absolute Gasteiger partial charge is 0.233 e. The monoisotopic (exact) mass is 323 g/mol. The second-order valence-corrected chi connectivity index (χ2v) is 7.01. The van der Waals surface area contributed by atoms with E-state index in [4.69, 9.17) is 0 Å². The zero-order valence-corrected chi connectivity index (χ0v) is 13.8. The van der Waals surface area contributed by atoms with Gasteiger partial charge in [-0.25, -0.2) is 4.39 Å². The topological polar surface area (TPSA) is 20.3 Å². The zero-order valence-electron chi connectivity index (χ0n) is 13.8. The van der Waals surface area contributed by atoms with Crippen molar-refractivity contribution in [2.45, 2.75) is 44.1 Å². The number of halogens is 1. The largest absolute Gasteiger partial charge is 0.337 e. The van der Waals surface area contributed by atoms with Crippen LogP contribution in [-0.2, 0) is 23.2 Å². The Morgan fingerprint density at radius 2 is 1.62 bits per heavy atom. The number of carbonyl (C=O) groups is 1. The molecule has 24 heavy (non-hydrogen) atoms. The highest BCUT2D eigenvalue weighted by molar-refractivity contribution is 5.89. The zero-order chi connectivity index (χ0) is 16.6. The maximum atomic E-state index is 14.5. The highest BCUT2D eigenvalue weighted by Crippen LogP contribution is 2.44. The van der Waals surface area contributed by atoms with Gasteiger partial charge in [0, 0.05) is 18.7 Å². The summed E-state index contributed by atoms with van der Waals surface area (Å²) in [7, 11) is 0. The van der Waals surface area contributed by atoms with E-state index >= 15 is 0 Å². The van der Waals surface area contributed by atoms with Crippen molar-refractivity contribution in [1.82, 2.24) is 4.90 Å². The first-order chi connectivity index (χ1) is 11.7. The van der Waals surface area contributed by atoms with Crippen LogP contribution in [-0.4, -0.2) is 17.4 Å². The molecule has 4 rings (SSSR count). The number of amides is 1. The molecule has 2 aliphatic rings. The van der Waals surface area contributed by atoms with Gasteiger partial charge in [0.05, 0.1) is 5.41 Å². The summed E-state index contributed by atoms with van der Waals surface area (Å²) in [6.07, 6.45) is 4.38. The highest BCUT2D eigenvalue weighted by Gasteiger charge is 2.46. The number of carbonyl (C=O) groups excluding carboxylic acids is 1. The second kappa shape index (κ2) is 6.04. The number of hydrogen-bond donors (Lipinski definition) is 0. The van der Waals surface area contributed by atoms with Crippen LogP contribution in [0.25, 0.3) is 0 Å². The van der Waals surface area contributed by atoms with Gasteiger partial charge in [0.1, 0.15) is 5.82 Å². The first-order valence-corrected chi connectivity index (χ1v) is 8.82. The lowest BCUT2D eigenvalue weighted by molar-refractivity contribution is -0.138. The number of hydrogen-bond acceptors (Lipinski definition) is 1. The van der Waals surface area contributed by atoms with Gasteiger partial charge in [-0.05, 0) is 36.5 Å². The van der Waals surface area contributed by atoms with Gasteiger partial charge in [0.2, 0.25) is 5.91 Å². The predicted octanol–water partition coefficient (Wildman–Crippen LogP) is 4.22. The van der Waals surface area contributed by atoms with Gasteiger partial charge in [-0.2, -0.15) is 0 Å². The fourth-order valence-electron chi connectivity index (χ4n) is 4.40. The SMILES string of the molecule is O=C(N1CCc2ccccc2C1)C1(c2ccccc2F)CCCC1. The Morgan fingerprint density at radius 3 is 2.38 bits per heavy atom. The van der Waals surface area contributed by atoms with Crippen LogP contribution in [0.4, 0.5) is 4.39 Å².